The van der Waals surface area contributed by atoms with E-state index in [1.54, 1.807) is 60.9 Å². The fourth-order valence-corrected chi connectivity index (χ4v) is 2.97. The summed E-state index contributed by atoms with van der Waals surface area (Å²) in [5, 5.41) is 3.11. The maximum atomic E-state index is 12.5. The number of nitrogens with one attached hydrogen (secondary N) is 1. The summed E-state index contributed by atoms with van der Waals surface area (Å²) in [7, 11) is 0. The van der Waals surface area contributed by atoms with Crippen molar-refractivity contribution in [2.24, 2.45) is 0 Å². The van der Waals surface area contributed by atoms with Crippen LogP contribution in [0.1, 0.15) is 36.8 Å². The number of ether oxygens (including phenoxy) is 1. The topological polar surface area (TPSA) is 88.8 Å². The van der Waals surface area contributed by atoms with Crippen molar-refractivity contribution < 1.29 is 23.5 Å². The first kappa shape index (κ1) is 17.5. The van der Waals surface area contributed by atoms with Gasteiger partial charge in [-0.05, 0) is 36.4 Å². The summed E-state index contributed by atoms with van der Waals surface area (Å²) >= 11 is 0. The Hall–Kier alpha value is -3.87. The number of carbonyl (C=O) groups is 3. The first-order chi connectivity index (χ1) is 13.6. The Bertz CT molecular complexity index is 1010. The minimum absolute atomic E-state index is 0.297. The van der Waals surface area contributed by atoms with Gasteiger partial charge >= 0.3 is 5.97 Å². The van der Waals surface area contributed by atoms with Gasteiger partial charge in [-0.2, -0.15) is 0 Å². The lowest BCUT2D eigenvalue weighted by Crippen LogP contribution is -2.33. The van der Waals surface area contributed by atoms with Crippen molar-refractivity contribution in [3.8, 4) is 0 Å². The van der Waals surface area contributed by atoms with Crippen LogP contribution in [-0.4, -0.2) is 29.4 Å². The van der Waals surface area contributed by atoms with E-state index in [-0.39, 0.29) is 0 Å². The van der Waals surface area contributed by atoms with Crippen LogP contribution in [0.4, 0.5) is 5.69 Å². The molecule has 2 aromatic carbocycles. The summed E-state index contributed by atoms with van der Waals surface area (Å²) in [6.45, 7) is -0.0482. The Morgan fingerprint density at radius 3 is 2.29 bits per heavy atom. The van der Waals surface area contributed by atoms with Gasteiger partial charge in [0.2, 0.25) is 0 Å². The van der Waals surface area contributed by atoms with Crippen molar-refractivity contribution >= 4 is 23.5 Å². The summed E-state index contributed by atoms with van der Waals surface area (Å²) < 4.78 is 10.5. The minimum atomic E-state index is -0.640. The highest BCUT2D eigenvalue weighted by Crippen LogP contribution is 2.23. The summed E-state index contributed by atoms with van der Waals surface area (Å²) in [6, 6.07) is 16.9. The highest BCUT2D eigenvalue weighted by molar-refractivity contribution is 6.21. The molecule has 0 spiro atoms. The number of hydrogen-bond acceptors (Lipinski definition) is 6. The lowest BCUT2D eigenvalue weighted by molar-refractivity contribution is 0.0229. The van der Waals surface area contributed by atoms with E-state index in [1.807, 2.05) is 6.07 Å². The zero-order valence-electron chi connectivity index (χ0n) is 14.8. The number of carbonyl (C=O) groups excluding carboxylic acids is 3. The molecule has 1 aromatic heterocycles. The van der Waals surface area contributed by atoms with Crippen LogP contribution in [-0.2, 0) is 11.3 Å². The summed E-state index contributed by atoms with van der Waals surface area (Å²) in [6.07, 6.45) is 1.57. The molecule has 0 fully saturated rings. The standard InChI is InChI=1S/C21H16N2O5/c24-19-15-7-1-2-8-16(15)20(25)23(19)13-28-21(26)17-9-3-4-10-18(17)22-12-14-6-5-11-27-14/h1-11,22H,12-13H2. The molecule has 7 nitrogen and oxygen atoms in total. The normalized spacial score (nSPS) is 12.8. The minimum Gasteiger partial charge on any atom is -0.467 e. The quantitative estimate of drug-likeness (QED) is 0.524. The Morgan fingerprint density at radius 2 is 1.61 bits per heavy atom. The van der Waals surface area contributed by atoms with Gasteiger partial charge < -0.3 is 14.5 Å². The largest absolute Gasteiger partial charge is 0.467 e. The molecule has 3 aromatic rings. The Balaban J connectivity index is 1.43. The van der Waals surface area contributed by atoms with Gasteiger partial charge in [0.25, 0.3) is 11.8 Å². The van der Waals surface area contributed by atoms with E-state index in [0.29, 0.717) is 34.7 Å². The van der Waals surface area contributed by atoms with Crippen LogP contribution in [0.2, 0.25) is 0 Å². The van der Waals surface area contributed by atoms with Crippen LogP contribution in [0, 0.1) is 0 Å². The Morgan fingerprint density at radius 1 is 0.929 bits per heavy atom. The van der Waals surface area contributed by atoms with Crippen molar-refractivity contribution in [3.63, 3.8) is 0 Å². The molecule has 140 valence electrons. The van der Waals surface area contributed by atoms with Gasteiger partial charge in [-0.3, -0.25) is 9.59 Å². The number of imide groups is 1. The number of fused-ring (bicyclic) bond motifs is 1. The fraction of sp³-hybridized carbons (Fsp3) is 0.0952. The molecular formula is C21H16N2O5. The second-order valence-electron chi connectivity index (χ2n) is 6.12. The number of rotatable bonds is 6. The third-order valence-corrected chi connectivity index (χ3v) is 4.38. The highest BCUT2D eigenvalue weighted by Gasteiger charge is 2.35. The lowest BCUT2D eigenvalue weighted by atomic mass is 10.1. The van der Waals surface area contributed by atoms with E-state index in [1.165, 1.54) is 0 Å². The average molecular weight is 376 g/mol. The number of nitrogens with zero attached hydrogens (tertiary/aromatic N) is 1. The molecule has 28 heavy (non-hydrogen) atoms. The van der Waals surface area contributed by atoms with E-state index in [2.05, 4.69) is 5.32 Å². The van der Waals surface area contributed by atoms with Gasteiger partial charge in [0, 0.05) is 5.69 Å². The number of furan rings is 1. The molecule has 0 saturated carbocycles. The zero-order valence-corrected chi connectivity index (χ0v) is 14.8. The van der Waals surface area contributed by atoms with Gasteiger partial charge in [0.15, 0.2) is 6.73 Å². The summed E-state index contributed by atoms with van der Waals surface area (Å²) in [5.41, 5.74) is 1.48. The summed E-state index contributed by atoms with van der Waals surface area (Å²) in [5.74, 6) is -0.872. The van der Waals surface area contributed by atoms with Crippen LogP contribution in [0.15, 0.2) is 71.3 Å². The van der Waals surface area contributed by atoms with Gasteiger partial charge in [-0.25, -0.2) is 9.69 Å². The van der Waals surface area contributed by atoms with Gasteiger partial charge in [-0.15, -0.1) is 0 Å². The second-order valence-corrected chi connectivity index (χ2v) is 6.12. The lowest BCUT2D eigenvalue weighted by Gasteiger charge is -2.15. The molecule has 0 aliphatic carbocycles. The van der Waals surface area contributed by atoms with Crippen LogP contribution >= 0.6 is 0 Å². The average Bonchev–Trinajstić information content (AvgIpc) is 3.33. The van der Waals surface area contributed by atoms with E-state index in [4.69, 9.17) is 9.15 Å². The van der Waals surface area contributed by atoms with Gasteiger partial charge in [-0.1, -0.05) is 24.3 Å². The maximum Gasteiger partial charge on any atom is 0.341 e. The number of para-hydroxylation sites is 1. The molecule has 1 aliphatic heterocycles. The fourth-order valence-electron chi connectivity index (χ4n) is 2.97. The molecular weight excluding hydrogens is 360 g/mol. The second kappa shape index (κ2) is 7.40. The van der Waals surface area contributed by atoms with Crippen molar-refractivity contribution in [1.29, 1.82) is 0 Å². The van der Waals surface area contributed by atoms with E-state index in [9.17, 15) is 14.4 Å². The number of anilines is 1. The number of amides is 2. The molecule has 7 heteroatoms. The van der Waals surface area contributed by atoms with Crippen molar-refractivity contribution in [3.05, 3.63) is 89.4 Å². The highest BCUT2D eigenvalue weighted by atomic mass is 16.5. The molecule has 1 N–H and O–H groups in total. The number of benzene rings is 2. The van der Waals surface area contributed by atoms with Crippen molar-refractivity contribution in [1.82, 2.24) is 4.90 Å². The van der Waals surface area contributed by atoms with E-state index < -0.39 is 24.5 Å². The zero-order chi connectivity index (χ0) is 19.5. The third-order valence-electron chi connectivity index (χ3n) is 4.38. The molecule has 0 saturated heterocycles. The summed E-state index contributed by atoms with van der Waals surface area (Å²) in [4.78, 5) is 38.1. The SMILES string of the molecule is O=C(OCN1C(=O)c2ccccc2C1=O)c1ccccc1NCc1ccco1. The molecule has 4 rings (SSSR count). The van der Waals surface area contributed by atoms with E-state index in [0.717, 1.165) is 4.90 Å². The molecule has 0 bridgehead atoms. The van der Waals surface area contributed by atoms with Crippen LogP contribution in [0.5, 0.6) is 0 Å². The van der Waals surface area contributed by atoms with Crippen LogP contribution in [0.3, 0.4) is 0 Å². The smallest absolute Gasteiger partial charge is 0.341 e. The Kier molecular flexibility index (Phi) is 4.63. The Labute approximate surface area is 160 Å². The maximum absolute atomic E-state index is 12.5. The predicted molar refractivity (Wildman–Crippen MR) is 99.7 cm³/mol. The van der Waals surface area contributed by atoms with Crippen LogP contribution in [0.25, 0.3) is 0 Å². The first-order valence-corrected chi connectivity index (χ1v) is 8.63. The molecule has 0 atom stereocenters. The predicted octanol–water partition coefficient (Wildman–Crippen LogP) is 3.30. The number of hydrogen-bond donors (Lipinski definition) is 1. The molecule has 2 heterocycles. The number of esters is 1. The molecule has 2 amide bonds. The van der Waals surface area contributed by atoms with Gasteiger partial charge in [0.1, 0.15) is 5.76 Å². The molecule has 1 aliphatic rings. The monoisotopic (exact) mass is 376 g/mol. The van der Waals surface area contributed by atoms with E-state index >= 15 is 0 Å². The molecule has 0 radical (unpaired) electrons. The molecule has 0 unspecified atom stereocenters. The van der Waals surface area contributed by atoms with Crippen molar-refractivity contribution in [2.45, 2.75) is 6.54 Å². The third kappa shape index (κ3) is 3.25. The van der Waals surface area contributed by atoms with Gasteiger partial charge in [0.05, 0.1) is 29.5 Å². The van der Waals surface area contributed by atoms with Crippen molar-refractivity contribution in [2.75, 3.05) is 12.0 Å². The first-order valence-electron chi connectivity index (χ1n) is 8.63. The van der Waals surface area contributed by atoms with Crippen LogP contribution < -0.4 is 5.32 Å².